The molecular formula is C22H30O. The van der Waals surface area contributed by atoms with E-state index >= 15 is 0 Å². The summed E-state index contributed by atoms with van der Waals surface area (Å²) in [7, 11) is 0. The normalized spacial score (nSPS) is 11.4. The first-order chi connectivity index (χ1) is 10.9. The predicted molar refractivity (Wildman–Crippen MR) is 102 cm³/mol. The van der Waals surface area contributed by atoms with E-state index in [4.69, 9.17) is 0 Å². The molecular weight excluding hydrogens is 280 g/mol. The molecule has 1 atom stereocenters. The first-order valence-corrected chi connectivity index (χ1v) is 8.43. The number of aliphatic hydroxyl groups excluding tert-OH is 1. The van der Waals surface area contributed by atoms with E-state index in [1.807, 2.05) is 13.8 Å². The highest BCUT2D eigenvalue weighted by Crippen LogP contribution is 2.31. The zero-order chi connectivity index (χ0) is 17.6. The van der Waals surface area contributed by atoms with Crippen molar-refractivity contribution in [2.75, 3.05) is 0 Å². The van der Waals surface area contributed by atoms with Gasteiger partial charge in [-0.15, -0.1) is 0 Å². The van der Waals surface area contributed by atoms with Crippen LogP contribution in [0.3, 0.4) is 0 Å². The highest BCUT2D eigenvalue weighted by Gasteiger charge is 2.12. The van der Waals surface area contributed by atoms with Gasteiger partial charge in [-0.3, -0.25) is 0 Å². The average Bonchev–Trinajstić information content (AvgIpc) is 2.49. The average molecular weight is 310 g/mol. The predicted octanol–water partition coefficient (Wildman–Crippen LogP) is 6.87. The second-order valence-corrected chi connectivity index (χ2v) is 6.06. The lowest BCUT2D eigenvalue weighted by atomic mass is 9.89. The minimum Gasteiger partial charge on any atom is -0.513 e. The van der Waals surface area contributed by atoms with E-state index < -0.39 is 0 Å². The van der Waals surface area contributed by atoms with E-state index in [0.29, 0.717) is 6.42 Å². The summed E-state index contributed by atoms with van der Waals surface area (Å²) in [5.74, 6) is 0.520. The smallest absolute Gasteiger partial charge is 0.0857 e. The fourth-order valence-electron chi connectivity index (χ4n) is 2.94. The minimum absolute atomic E-state index is 0.249. The number of hydrogen-bond acceptors (Lipinski definition) is 1. The molecule has 0 amide bonds. The van der Waals surface area contributed by atoms with E-state index in [9.17, 15) is 5.11 Å². The summed E-state index contributed by atoms with van der Waals surface area (Å²) in [6.07, 6.45) is 0.608. The highest BCUT2D eigenvalue weighted by atomic mass is 16.3. The largest absolute Gasteiger partial charge is 0.513 e. The Hall–Kier alpha value is -2.02. The molecule has 0 radical (unpaired) electrons. The highest BCUT2D eigenvalue weighted by molar-refractivity contribution is 5.69. The van der Waals surface area contributed by atoms with Crippen molar-refractivity contribution in [3.8, 4) is 11.1 Å². The van der Waals surface area contributed by atoms with Gasteiger partial charge in [-0.2, -0.15) is 0 Å². The summed E-state index contributed by atoms with van der Waals surface area (Å²) in [6, 6.07) is 13.2. The zero-order valence-corrected chi connectivity index (χ0v) is 15.4. The summed E-state index contributed by atoms with van der Waals surface area (Å²) in [4.78, 5) is 0. The van der Waals surface area contributed by atoms with E-state index in [2.05, 4.69) is 70.7 Å². The fraction of sp³-hybridized carbons (Fsp3) is 0.364. The van der Waals surface area contributed by atoms with Gasteiger partial charge < -0.3 is 5.11 Å². The van der Waals surface area contributed by atoms with Gasteiger partial charge >= 0.3 is 0 Å². The number of aliphatic hydroxyl groups is 1. The van der Waals surface area contributed by atoms with Crippen LogP contribution in [0, 0.1) is 20.8 Å². The second-order valence-electron chi connectivity index (χ2n) is 6.06. The Morgan fingerprint density at radius 2 is 1.65 bits per heavy atom. The van der Waals surface area contributed by atoms with Crippen LogP contribution in [0.2, 0.25) is 0 Å². The van der Waals surface area contributed by atoms with Crippen LogP contribution in [0.15, 0.2) is 48.7 Å². The Kier molecular flexibility index (Phi) is 7.09. The van der Waals surface area contributed by atoms with Gasteiger partial charge in [0, 0.05) is 6.42 Å². The fourth-order valence-corrected chi connectivity index (χ4v) is 2.94. The molecule has 124 valence electrons. The van der Waals surface area contributed by atoms with Crippen molar-refractivity contribution in [1.82, 2.24) is 0 Å². The van der Waals surface area contributed by atoms with Gasteiger partial charge in [0.25, 0.3) is 0 Å². The molecule has 0 saturated heterocycles. The van der Waals surface area contributed by atoms with Gasteiger partial charge in [0.15, 0.2) is 0 Å². The van der Waals surface area contributed by atoms with Crippen LogP contribution >= 0.6 is 0 Å². The summed E-state index contributed by atoms with van der Waals surface area (Å²) in [5.41, 5.74) is 7.64. The van der Waals surface area contributed by atoms with Gasteiger partial charge in [0.1, 0.15) is 0 Å². The molecule has 0 saturated carbocycles. The number of benzene rings is 2. The molecule has 0 bridgehead atoms. The lowest BCUT2D eigenvalue weighted by molar-refractivity contribution is 0.380. The van der Waals surface area contributed by atoms with E-state index in [1.54, 1.807) is 0 Å². The Morgan fingerprint density at radius 3 is 2.22 bits per heavy atom. The molecule has 0 aliphatic heterocycles. The van der Waals surface area contributed by atoms with E-state index in [-0.39, 0.29) is 11.7 Å². The Labute approximate surface area is 141 Å². The van der Waals surface area contributed by atoms with Crippen molar-refractivity contribution in [2.24, 2.45) is 0 Å². The lowest BCUT2D eigenvalue weighted by Gasteiger charge is -2.16. The lowest BCUT2D eigenvalue weighted by Crippen LogP contribution is -1.99. The number of hydrogen-bond donors (Lipinski definition) is 1. The van der Waals surface area contributed by atoms with Crippen LogP contribution in [-0.4, -0.2) is 5.11 Å². The van der Waals surface area contributed by atoms with Crippen molar-refractivity contribution >= 4 is 0 Å². The zero-order valence-electron chi connectivity index (χ0n) is 15.4. The molecule has 0 aliphatic carbocycles. The van der Waals surface area contributed by atoms with Gasteiger partial charge in [-0.25, -0.2) is 0 Å². The monoisotopic (exact) mass is 310 g/mol. The van der Waals surface area contributed by atoms with Crippen LogP contribution in [-0.2, 0) is 0 Å². The van der Waals surface area contributed by atoms with Crippen LogP contribution in [0.1, 0.15) is 55.4 Å². The molecule has 1 heteroatoms. The molecule has 0 aromatic heterocycles. The Balaban J connectivity index is 0.00000127. The molecule has 2 aromatic rings. The SMILES string of the molecule is C=C(O)CC(C)c1cc(-c2ccc(C)cc2C)ccc1C.CC. The molecule has 0 fully saturated rings. The molecule has 1 unspecified atom stereocenters. The molecule has 2 aromatic carbocycles. The van der Waals surface area contributed by atoms with Gasteiger partial charge in [-0.1, -0.05) is 69.3 Å². The summed E-state index contributed by atoms with van der Waals surface area (Å²) in [5, 5.41) is 9.44. The first-order valence-electron chi connectivity index (χ1n) is 8.43. The maximum Gasteiger partial charge on any atom is 0.0857 e. The summed E-state index contributed by atoms with van der Waals surface area (Å²) in [6.45, 7) is 16.1. The first kappa shape index (κ1) is 19.0. The number of allylic oxidation sites excluding steroid dienone is 1. The van der Waals surface area contributed by atoms with Crippen molar-refractivity contribution in [3.05, 3.63) is 71.0 Å². The van der Waals surface area contributed by atoms with Crippen molar-refractivity contribution in [2.45, 2.75) is 53.9 Å². The van der Waals surface area contributed by atoms with E-state index in [1.165, 1.54) is 33.4 Å². The van der Waals surface area contributed by atoms with Crippen LogP contribution in [0.25, 0.3) is 11.1 Å². The molecule has 0 heterocycles. The molecule has 2 rings (SSSR count). The van der Waals surface area contributed by atoms with Gasteiger partial charge in [0.2, 0.25) is 0 Å². The topological polar surface area (TPSA) is 20.2 Å². The van der Waals surface area contributed by atoms with Crippen molar-refractivity contribution < 1.29 is 5.11 Å². The summed E-state index contributed by atoms with van der Waals surface area (Å²) < 4.78 is 0. The van der Waals surface area contributed by atoms with E-state index in [0.717, 1.165) is 0 Å². The molecule has 0 aliphatic rings. The molecule has 23 heavy (non-hydrogen) atoms. The van der Waals surface area contributed by atoms with Crippen LogP contribution in [0.5, 0.6) is 0 Å². The van der Waals surface area contributed by atoms with Gasteiger partial charge in [-0.05, 0) is 54.5 Å². The Morgan fingerprint density at radius 1 is 1.00 bits per heavy atom. The number of aryl methyl sites for hydroxylation is 3. The third-order valence-electron chi connectivity index (χ3n) is 4.04. The Bertz CT molecular complexity index is 668. The molecule has 1 N–H and O–H groups in total. The maximum absolute atomic E-state index is 9.44. The molecule has 1 nitrogen and oxygen atoms in total. The van der Waals surface area contributed by atoms with Crippen LogP contribution in [0.4, 0.5) is 0 Å². The van der Waals surface area contributed by atoms with Crippen molar-refractivity contribution in [1.29, 1.82) is 0 Å². The number of rotatable bonds is 4. The minimum atomic E-state index is 0.249. The maximum atomic E-state index is 9.44. The second kappa shape index (κ2) is 8.57. The third-order valence-corrected chi connectivity index (χ3v) is 4.04. The van der Waals surface area contributed by atoms with Crippen LogP contribution < -0.4 is 0 Å². The van der Waals surface area contributed by atoms with Crippen molar-refractivity contribution in [3.63, 3.8) is 0 Å². The standard InChI is InChI=1S/C20H24O.C2H6/c1-13-6-9-19(15(3)10-13)18-8-7-14(2)20(12-18)16(4)11-17(5)21;1-2/h6-10,12,16,21H,5,11H2,1-4H3;1-2H3. The third kappa shape index (κ3) is 4.99. The molecule has 0 spiro atoms. The quantitative estimate of drug-likeness (QED) is 0.611. The summed E-state index contributed by atoms with van der Waals surface area (Å²) >= 11 is 0. The van der Waals surface area contributed by atoms with Gasteiger partial charge in [0.05, 0.1) is 5.76 Å².